The predicted octanol–water partition coefficient (Wildman–Crippen LogP) is 0.924. The molecule has 0 bridgehead atoms. The highest BCUT2D eigenvalue weighted by atomic mass is 32.2. The summed E-state index contributed by atoms with van der Waals surface area (Å²) in [7, 11) is 0. The van der Waals surface area contributed by atoms with Crippen molar-refractivity contribution in [3.8, 4) is 0 Å². The van der Waals surface area contributed by atoms with E-state index in [1.807, 2.05) is 0 Å². The number of benzene rings is 1. The minimum atomic E-state index is -0.907. The Morgan fingerprint density at radius 3 is 2.58 bits per heavy atom. The van der Waals surface area contributed by atoms with Gasteiger partial charge in [0.25, 0.3) is 5.91 Å². The van der Waals surface area contributed by atoms with Crippen LogP contribution in [0.1, 0.15) is 28.8 Å². The van der Waals surface area contributed by atoms with Crippen molar-refractivity contribution in [1.29, 1.82) is 0 Å². The number of carboxylic acid groups (broad SMARTS) is 1. The van der Waals surface area contributed by atoms with Gasteiger partial charge in [-0.25, -0.2) is 0 Å². The summed E-state index contributed by atoms with van der Waals surface area (Å²) in [6.07, 6.45) is 0.595. The van der Waals surface area contributed by atoms with Gasteiger partial charge in [0.05, 0.1) is 18.4 Å². The molecule has 8 heteroatoms. The van der Waals surface area contributed by atoms with Gasteiger partial charge in [0.2, 0.25) is 11.8 Å². The zero-order chi connectivity index (χ0) is 18.7. The van der Waals surface area contributed by atoms with Crippen LogP contribution in [0.4, 0.5) is 0 Å². The summed E-state index contributed by atoms with van der Waals surface area (Å²) in [6, 6.07) is 6.67. The number of hydrogen-bond acceptors (Lipinski definition) is 5. The normalized spacial score (nSPS) is 23.0. The average Bonchev–Trinajstić information content (AvgIpc) is 2.92. The van der Waals surface area contributed by atoms with Gasteiger partial charge in [0.1, 0.15) is 0 Å². The van der Waals surface area contributed by atoms with Crippen molar-refractivity contribution in [2.75, 3.05) is 18.1 Å². The van der Waals surface area contributed by atoms with Crippen LogP contribution >= 0.6 is 11.8 Å². The van der Waals surface area contributed by atoms with Crippen LogP contribution in [0.2, 0.25) is 0 Å². The smallest absolute Gasteiger partial charge is 0.305 e. The fourth-order valence-electron chi connectivity index (χ4n) is 3.30. The van der Waals surface area contributed by atoms with Crippen LogP contribution < -0.4 is 5.32 Å². The molecule has 7 nitrogen and oxygen atoms in total. The lowest BCUT2D eigenvalue weighted by Gasteiger charge is -2.34. The van der Waals surface area contributed by atoms with Crippen LogP contribution in [-0.2, 0) is 20.8 Å². The molecule has 0 aromatic heterocycles. The van der Waals surface area contributed by atoms with Gasteiger partial charge in [-0.05, 0) is 24.1 Å². The molecule has 2 unspecified atom stereocenters. The summed E-state index contributed by atoms with van der Waals surface area (Å²) < 4.78 is 0. The lowest BCUT2D eigenvalue weighted by molar-refractivity contribution is -0.138. The summed E-state index contributed by atoms with van der Waals surface area (Å²) in [5.41, 5.74) is 1.38. The molecule has 2 N–H and O–H groups in total. The molecule has 0 aliphatic carbocycles. The Labute approximate surface area is 155 Å². The lowest BCUT2D eigenvalue weighted by atomic mass is 9.97. The summed E-state index contributed by atoms with van der Waals surface area (Å²) in [5.74, 6) is -0.516. The number of carbonyl (C=O) groups excluding carboxylic acids is 3. The highest BCUT2D eigenvalue weighted by molar-refractivity contribution is 7.99. The summed E-state index contributed by atoms with van der Waals surface area (Å²) in [5, 5.41) is 11.3. The third-order valence-electron chi connectivity index (χ3n) is 4.65. The van der Waals surface area contributed by atoms with E-state index in [0.717, 1.165) is 11.3 Å². The van der Waals surface area contributed by atoms with E-state index >= 15 is 0 Å². The fourth-order valence-corrected chi connectivity index (χ4v) is 4.36. The number of imide groups is 1. The molecule has 2 aliphatic rings. The van der Waals surface area contributed by atoms with Gasteiger partial charge in [-0.1, -0.05) is 12.1 Å². The van der Waals surface area contributed by atoms with Gasteiger partial charge in [-0.15, -0.1) is 0 Å². The molecule has 2 heterocycles. The van der Waals surface area contributed by atoms with Crippen molar-refractivity contribution in [2.24, 2.45) is 5.92 Å². The van der Waals surface area contributed by atoms with Crippen molar-refractivity contribution in [3.63, 3.8) is 0 Å². The molecular formula is C18H20N2O5S. The quantitative estimate of drug-likeness (QED) is 0.741. The molecule has 138 valence electrons. The minimum Gasteiger partial charge on any atom is -0.481 e. The van der Waals surface area contributed by atoms with E-state index in [1.54, 1.807) is 40.9 Å². The Bertz CT molecular complexity index is 734. The second-order valence-corrected chi connectivity index (χ2v) is 7.69. The van der Waals surface area contributed by atoms with E-state index < -0.39 is 5.97 Å². The molecule has 0 saturated carbocycles. The first-order valence-corrected chi connectivity index (χ1v) is 9.62. The van der Waals surface area contributed by atoms with E-state index in [9.17, 15) is 19.2 Å². The maximum absolute atomic E-state index is 12.8. The Morgan fingerprint density at radius 2 is 1.96 bits per heavy atom. The maximum atomic E-state index is 12.8. The number of hydrogen-bond donors (Lipinski definition) is 2. The summed E-state index contributed by atoms with van der Waals surface area (Å²) in [6.45, 7) is 0.535. The maximum Gasteiger partial charge on any atom is 0.305 e. The summed E-state index contributed by atoms with van der Waals surface area (Å²) in [4.78, 5) is 48.3. The van der Waals surface area contributed by atoms with Crippen molar-refractivity contribution < 1.29 is 24.3 Å². The van der Waals surface area contributed by atoms with Crippen LogP contribution in [0.5, 0.6) is 0 Å². The van der Waals surface area contributed by atoms with E-state index in [1.165, 1.54) is 0 Å². The third-order valence-corrected chi connectivity index (χ3v) is 5.74. The van der Waals surface area contributed by atoms with Crippen molar-refractivity contribution in [2.45, 2.75) is 25.3 Å². The molecule has 2 fully saturated rings. The zero-order valence-electron chi connectivity index (χ0n) is 14.1. The number of carboxylic acids is 1. The molecule has 0 spiro atoms. The number of nitrogens with zero attached hydrogens (tertiary/aromatic N) is 1. The Kier molecular flexibility index (Phi) is 5.61. The van der Waals surface area contributed by atoms with Gasteiger partial charge < -0.3 is 10.0 Å². The third kappa shape index (κ3) is 4.24. The first-order valence-electron chi connectivity index (χ1n) is 8.47. The van der Waals surface area contributed by atoms with Gasteiger partial charge in [-0.3, -0.25) is 24.5 Å². The van der Waals surface area contributed by atoms with Gasteiger partial charge in [0.15, 0.2) is 0 Å². The number of nitrogens with one attached hydrogen (secondary N) is 1. The van der Waals surface area contributed by atoms with Crippen molar-refractivity contribution >= 4 is 35.5 Å². The molecule has 2 aliphatic heterocycles. The molecule has 1 aromatic carbocycles. The molecule has 1 aromatic rings. The Morgan fingerprint density at radius 1 is 1.23 bits per heavy atom. The standard InChI is InChI=1S/C18H20N2O5S/c21-15-8-13(17(24)19-15)7-11-1-3-12(4-2-11)18(25)20-5-6-26-10-14(20)9-16(22)23/h1-4,13-14H,5-10H2,(H,22,23)(H,19,21,24). The van der Waals surface area contributed by atoms with Crippen LogP contribution in [-0.4, -0.2) is 57.8 Å². The molecule has 3 amide bonds. The second-order valence-electron chi connectivity index (χ2n) is 6.54. The minimum absolute atomic E-state index is 0.0539. The predicted molar refractivity (Wildman–Crippen MR) is 95.8 cm³/mol. The van der Waals surface area contributed by atoms with Crippen LogP contribution in [0.3, 0.4) is 0 Å². The lowest BCUT2D eigenvalue weighted by Crippen LogP contribution is -2.47. The van der Waals surface area contributed by atoms with Crippen LogP contribution in [0, 0.1) is 5.92 Å². The zero-order valence-corrected chi connectivity index (χ0v) is 15.0. The first-order chi connectivity index (χ1) is 12.4. The molecule has 26 heavy (non-hydrogen) atoms. The molecule has 2 saturated heterocycles. The van der Waals surface area contributed by atoms with Gasteiger partial charge in [-0.2, -0.15) is 11.8 Å². The van der Waals surface area contributed by atoms with Gasteiger partial charge >= 0.3 is 5.97 Å². The molecule has 3 rings (SSSR count). The molecule has 2 atom stereocenters. The Hall–Kier alpha value is -2.35. The number of amides is 3. The monoisotopic (exact) mass is 376 g/mol. The van der Waals surface area contributed by atoms with E-state index in [0.29, 0.717) is 24.3 Å². The highest BCUT2D eigenvalue weighted by Crippen LogP contribution is 2.22. The number of rotatable bonds is 5. The Balaban J connectivity index is 1.67. The topological polar surface area (TPSA) is 104 Å². The van der Waals surface area contributed by atoms with E-state index in [-0.39, 0.29) is 42.5 Å². The van der Waals surface area contributed by atoms with E-state index in [4.69, 9.17) is 5.11 Å². The number of thioether (sulfide) groups is 1. The van der Waals surface area contributed by atoms with Crippen molar-refractivity contribution in [3.05, 3.63) is 35.4 Å². The SMILES string of the molecule is O=C(O)CC1CSCCN1C(=O)c1ccc(CC2CC(=O)NC2=O)cc1. The first kappa shape index (κ1) is 18.4. The molecule has 0 radical (unpaired) electrons. The number of carbonyl (C=O) groups is 4. The fraction of sp³-hybridized carbons (Fsp3) is 0.444. The van der Waals surface area contributed by atoms with Crippen LogP contribution in [0.15, 0.2) is 24.3 Å². The average molecular weight is 376 g/mol. The van der Waals surface area contributed by atoms with E-state index in [2.05, 4.69) is 5.32 Å². The van der Waals surface area contributed by atoms with Crippen LogP contribution in [0.25, 0.3) is 0 Å². The van der Waals surface area contributed by atoms with Crippen molar-refractivity contribution in [1.82, 2.24) is 10.2 Å². The largest absolute Gasteiger partial charge is 0.481 e. The highest BCUT2D eigenvalue weighted by Gasteiger charge is 2.31. The summed E-state index contributed by atoms with van der Waals surface area (Å²) >= 11 is 1.66. The number of aliphatic carboxylic acids is 1. The molecular weight excluding hydrogens is 356 g/mol. The van der Waals surface area contributed by atoms with Gasteiger partial charge in [0, 0.05) is 30.0 Å². The second kappa shape index (κ2) is 7.90.